The third-order valence-electron chi connectivity index (χ3n) is 2.05. The number of H-pyrrole nitrogens is 1. The van der Waals surface area contributed by atoms with Crippen LogP contribution in [-0.4, -0.2) is 25.4 Å². The van der Waals surface area contributed by atoms with Crippen LogP contribution in [0.25, 0.3) is 0 Å². The Morgan fingerprint density at radius 1 is 1.31 bits per heavy atom. The summed E-state index contributed by atoms with van der Waals surface area (Å²) in [5.74, 6) is -0.190. The number of carbonyl (C=O) groups excluding carboxylic acids is 1. The molecule has 0 saturated carbocycles. The number of sulfone groups is 1. The van der Waals surface area contributed by atoms with E-state index in [1.807, 2.05) is 0 Å². The lowest BCUT2D eigenvalue weighted by Gasteiger charge is -1.94. The summed E-state index contributed by atoms with van der Waals surface area (Å²) in [4.78, 5) is 15.0. The van der Waals surface area contributed by atoms with Crippen LogP contribution in [-0.2, 0) is 9.84 Å². The normalized spacial score (nSPS) is 11.6. The number of rotatable bonds is 3. The van der Waals surface area contributed by atoms with Crippen molar-refractivity contribution in [2.24, 2.45) is 0 Å². The van der Waals surface area contributed by atoms with Crippen molar-refractivity contribution in [3.63, 3.8) is 0 Å². The van der Waals surface area contributed by atoms with E-state index < -0.39 is 9.84 Å². The maximum Gasteiger partial charge on any atom is 0.219 e. The highest BCUT2D eigenvalue weighted by Crippen LogP contribution is 2.16. The molecule has 0 saturated heterocycles. The standard InChI is InChI=1S/C10H9NO3S2/c1-16(13,14)9-5-4-7(11-9)10(12)8-3-2-6-15-8/h2-6,11H,1H3. The highest BCUT2D eigenvalue weighted by molar-refractivity contribution is 7.90. The molecule has 0 amide bonds. The van der Waals surface area contributed by atoms with E-state index in [4.69, 9.17) is 0 Å². The van der Waals surface area contributed by atoms with Gasteiger partial charge >= 0.3 is 0 Å². The Kier molecular flexibility index (Phi) is 2.69. The van der Waals surface area contributed by atoms with Gasteiger partial charge in [0, 0.05) is 6.26 Å². The van der Waals surface area contributed by atoms with Gasteiger partial charge in [-0.3, -0.25) is 4.79 Å². The zero-order chi connectivity index (χ0) is 11.8. The predicted octanol–water partition coefficient (Wildman–Crippen LogP) is 1.71. The lowest BCUT2D eigenvalue weighted by atomic mass is 10.2. The number of hydrogen-bond donors (Lipinski definition) is 1. The zero-order valence-corrected chi connectivity index (χ0v) is 10.1. The summed E-state index contributed by atoms with van der Waals surface area (Å²) in [5.41, 5.74) is 0.294. The van der Waals surface area contributed by atoms with Crippen molar-refractivity contribution in [2.75, 3.05) is 6.26 Å². The van der Waals surface area contributed by atoms with E-state index in [0.29, 0.717) is 10.6 Å². The molecule has 2 aromatic rings. The first-order chi connectivity index (χ1) is 7.48. The first-order valence-electron chi connectivity index (χ1n) is 4.46. The van der Waals surface area contributed by atoms with E-state index in [9.17, 15) is 13.2 Å². The molecule has 0 unspecified atom stereocenters. The first kappa shape index (κ1) is 11.1. The Balaban J connectivity index is 2.37. The van der Waals surface area contributed by atoms with Crippen LogP contribution < -0.4 is 0 Å². The Labute approximate surface area is 96.9 Å². The van der Waals surface area contributed by atoms with Crippen LogP contribution in [0.1, 0.15) is 15.4 Å². The third-order valence-corrected chi connectivity index (χ3v) is 3.95. The number of thiophene rings is 1. The van der Waals surface area contributed by atoms with Gasteiger partial charge in [-0.2, -0.15) is 0 Å². The maximum atomic E-state index is 11.8. The molecule has 0 aliphatic carbocycles. The Bertz CT molecular complexity index is 608. The molecule has 0 aromatic carbocycles. The van der Waals surface area contributed by atoms with Gasteiger partial charge in [-0.15, -0.1) is 11.3 Å². The van der Waals surface area contributed by atoms with E-state index in [1.54, 1.807) is 17.5 Å². The fourth-order valence-electron chi connectivity index (χ4n) is 1.26. The zero-order valence-electron chi connectivity index (χ0n) is 8.43. The molecule has 0 spiro atoms. The Morgan fingerprint density at radius 3 is 2.56 bits per heavy atom. The summed E-state index contributed by atoms with van der Waals surface area (Å²) in [5, 5.41) is 1.86. The van der Waals surface area contributed by atoms with Gasteiger partial charge in [0.2, 0.25) is 5.78 Å². The van der Waals surface area contributed by atoms with Crippen LogP contribution in [0, 0.1) is 0 Å². The van der Waals surface area contributed by atoms with Gasteiger partial charge in [0.25, 0.3) is 0 Å². The van der Waals surface area contributed by atoms with Crippen LogP contribution in [0.15, 0.2) is 34.7 Å². The summed E-state index contributed by atoms with van der Waals surface area (Å²) in [6.45, 7) is 0. The smallest absolute Gasteiger partial charge is 0.219 e. The lowest BCUT2D eigenvalue weighted by molar-refractivity contribution is 0.103. The van der Waals surface area contributed by atoms with Crippen molar-refractivity contribution < 1.29 is 13.2 Å². The summed E-state index contributed by atoms with van der Waals surface area (Å²) in [7, 11) is -3.29. The van der Waals surface area contributed by atoms with Crippen molar-refractivity contribution in [2.45, 2.75) is 5.03 Å². The highest BCUT2D eigenvalue weighted by Gasteiger charge is 2.15. The van der Waals surface area contributed by atoms with E-state index in [2.05, 4.69) is 4.98 Å². The minimum Gasteiger partial charge on any atom is -0.343 e. The highest BCUT2D eigenvalue weighted by atomic mass is 32.2. The van der Waals surface area contributed by atoms with Gasteiger partial charge in [0.05, 0.1) is 10.6 Å². The molecule has 2 heterocycles. The van der Waals surface area contributed by atoms with Crippen molar-refractivity contribution in [1.82, 2.24) is 4.98 Å². The molecule has 2 rings (SSSR count). The van der Waals surface area contributed by atoms with Crippen LogP contribution in [0.4, 0.5) is 0 Å². The van der Waals surface area contributed by atoms with Gasteiger partial charge < -0.3 is 4.98 Å². The average Bonchev–Trinajstić information content (AvgIpc) is 2.87. The second-order valence-electron chi connectivity index (χ2n) is 3.31. The minimum atomic E-state index is -3.29. The minimum absolute atomic E-state index is 0.0624. The van der Waals surface area contributed by atoms with E-state index in [1.165, 1.54) is 23.5 Å². The molecule has 0 atom stereocenters. The number of aromatic nitrogens is 1. The van der Waals surface area contributed by atoms with Crippen LogP contribution >= 0.6 is 11.3 Å². The van der Waals surface area contributed by atoms with Crippen molar-refractivity contribution >= 4 is 27.0 Å². The average molecular weight is 255 g/mol. The fourth-order valence-corrected chi connectivity index (χ4v) is 2.55. The lowest BCUT2D eigenvalue weighted by Crippen LogP contribution is -2.01. The molecule has 0 radical (unpaired) electrons. The molecule has 1 N–H and O–H groups in total. The molecule has 4 nitrogen and oxygen atoms in total. The second-order valence-corrected chi connectivity index (χ2v) is 6.25. The molecule has 0 fully saturated rings. The van der Waals surface area contributed by atoms with E-state index in [-0.39, 0.29) is 10.8 Å². The molecular formula is C10H9NO3S2. The molecule has 0 bridgehead atoms. The van der Waals surface area contributed by atoms with Gasteiger partial charge in [0.1, 0.15) is 5.03 Å². The number of nitrogens with one attached hydrogen (secondary N) is 1. The van der Waals surface area contributed by atoms with Gasteiger partial charge in [-0.1, -0.05) is 6.07 Å². The Morgan fingerprint density at radius 2 is 2.06 bits per heavy atom. The van der Waals surface area contributed by atoms with Gasteiger partial charge in [-0.05, 0) is 23.6 Å². The number of carbonyl (C=O) groups is 1. The van der Waals surface area contributed by atoms with Gasteiger partial charge in [-0.25, -0.2) is 8.42 Å². The molecule has 0 aliphatic rings. The molecule has 16 heavy (non-hydrogen) atoms. The predicted molar refractivity (Wildman–Crippen MR) is 61.7 cm³/mol. The molecule has 6 heteroatoms. The second kappa shape index (κ2) is 3.88. The molecule has 0 aliphatic heterocycles. The topological polar surface area (TPSA) is 67.0 Å². The quantitative estimate of drug-likeness (QED) is 0.849. The van der Waals surface area contributed by atoms with E-state index >= 15 is 0 Å². The monoisotopic (exact) mass is 255 g/mol. The van der Waals surface area contributed by atoms with Crippen LogP contribution in [0.3, 0.4) is 0 Å². The summed E-state index contributed by atoms with van der Waals surface area (Å²) in [6, 6.07) is 6.36. The molecule has 2 aromatic heterocycles. The van der Waals surface area contributed by atoms with Crippen molar-refractivity contribution in [3.8, 4) is 0 Å². The summed E-state index contributed by atoms with van der Waals surface area (Å²) < 4.78 is 22.4. The molecular weight excluding hydrogens is 246 g/mol. The summed E-state index contributed by atoms with van der Waals surface area (Å²) in [6.07, 6.45) is 1.10. The first-order valence-corrected chi connectivity index (χ1v) is 7.23. The molecule has 84 valence electrons. The number of hydrogen-bond acceptors (Lipinski definition) is 4. The van der Waals surface area contributed by atoms with E-state index in [0.717, 1.165) is 6.26 Å². The maximum absolute atomic E-state index is 11.8. The summed E-state index contributed by atoms with van der Waals surface area (Å²) >= 11 is 1.32. The SMILES string of the molecule is CS(=O)(=O)c1ccc(C(=O)c2cccs2)[nH]1. The number of ketones is 1. The van der Waals surface area contributed by atoms with Gasteiger partial charge in [0.15, 0.2) is 9.84 Å². The fraction of sp³-hybridized carbons (Fsp3) is 0.100. The third kappa shape index (κ3) is 2.07. The van der Waals surface area contributed by atoms with Crippen molar-refractivity contribution in [1.29, 1.82) is 0 Å². The number of aromatic amines is 1. The van der Waals surface area contributed by atoms with Crippen LogP contribution in [0.2, 0.25) is 0 Å². The van der Waals surface area contributed by atoms with Crippen molar-refractivity contribution in [3.05, 3.63) is 40.2 Å². The van der Waals surface area contributed by atoms with Crippen LogP contribution in [0.5, 0.6) is 0 Å². The Hall–Kier alpha value is -1.40. The largest absolute Gasteiger partial charge is 0.343 e.